The van der Waals surface area contributed by atoms with Crippen molar-refractivity contribution >= 4 is 5.97 Å². The Kier molecular flexibility index (Phi) is 4.70. The second-order valence-corrected chi connectivity index (χ2v) is 4.71. The topological polar surface area (TPSA) is 63.3 Å². The zero-order valence-corrected chi connectivity index (χ0v) is 10.7. The summed E-state index contributed by atoms with van der Waals surface area (Å²) in [5.74, 6) is -1.03. The van der Waals surface area contributed by atoms with Gasteiger partial charge in [-0.2, -0.15) is 0 Å². The van der Waals surface area contributed by atoms with Crippen LogP contribution in [0.15, 0.2) is 18.2 Å². The molecule has 1 aromatic rings. The van der Waals surface area contributed by atoms with Crippen LogP contribution in [0.5, 0.6) is 0 Å². The largest absolute Gasteiger partial charge is 0.481 e. The van der Waals surface area contributed by atoms with E-state index >= 15 is 0 Å². The Bertz CT molecular complexity index is 381. The number of aryl methyl sites for hydroxylation is 2. The molecule has 2 atom stereocenters. The van der Waals surface area contributed by atoms with Crippen molar-refractivity contribution in [2.75, 3.05) is 6.54 Å². The van der Waals surface area contributed by atoms with E-state index in [2.05, 4.69) is 32.9 Å². The standard InChI is InChI=1S/C14H21NO2/c1-9-5-4-6-10(2)13(9)11(3)7-12(8-15)14(16)17/h4-6,11-12H,7-8,15H2,1-3H3,(H,16,17). The van der Waals surface area contributed by atoms with Gasteiger partial charge in [0.1, 0.15) is 0 Å². The van der Waals surface area contributed by atoms with E-state index in [0.717, 1.165) is 0 Å². The van der Waals surface area contributed by atoms with Gasteiger partial charge in [-0.15, -0.1) is 0 Å². The SMILES string of the molecule is Cc1cccc(C)c1C(C)CC(CN)C(=O)O. The van der Waals surface area contributed by atoms with E-state index in [9.17, 15) is 4.79 Å². The lowest BCUT2D eigenvalue weighted by atomic mass is 9.85. The maximum absolute atomic E-state index is 11.0. The summed E-state index contributed by atoms with van der Waals surface area (Å²) in [6.07, 6.45) is 0.595. The van der Waals surface area contributed by atoms with Gasteiger partial charge in [-0.1, -0.05) is 25.1 Å². The van der Waals surface area contributed by atoms with Gasteiger partial charge < -0.3 is 10.8 Å². The summed E-state index contributed by atoms with van der Waals surface area (Å²) in [4.78, 5) is 11.0. The molecule has 0 saturated heterocycles. The van der Waals surface area contributed by atoms with Crippen molar-refractivity contribution in [2.45, 2.75) is 33.1 Å². The number of carbonyl (C=O) groups is 1. The fourth-order valence-corrected chi connectivity index (χ4v) is 2.45. The number of rotatable bonds is 5. The van der Waals surface area contributed by atoms with Gasteiger partial charge in [0.25, 0.3) is 0 Å². The van der Waals surface area contributed by atoms with E-state index in [1.165, 1.54) is 16.7 Å². The number of hydrogen-bond acceptors (Lipinski definition) is 2. The molecule has 0 amide bonds. The lowest BCUT2D eigenvalue weighted by molar-refractivity contribution is -0.141. The van der Waals surface area contributed by atoms with Crippen LogP contribution in [0.3, 0.4) is 0 Å². The van der Waals surface area contributed by atoms with Crippen LogP contribution < -0.4 is 5.73 Å². The number of aliphatic carboxylic acids is 1. The molecule has 0 aliphatic heterocycles. The summed E-state index contributed by atoms with van der Waals surface area (Å²) in [5, 5.41) is 9.03. The summed E-state index contributed by atoms with van der Waals surface area (Å²) in [5.41, 5.74) is 9.19. The fourth-order valence-electron chi connectivity index (χ4n) is 2.45. The first-order valence-electron chi connectivity index (χ1n) is 5.96. The predicted molar refractivity (Wildman–Crippen MR) is 69.1 cm³/mol. The molecule has 0 aromatic heterocycles. The van der Waals surface area contributed by atoms with E-state index in [4.69, 9.17) is 10.8 Å². The van der Waals surface area contributed by atoms with Crippen LogP contribution in [0.25, 0.3) is 0 Å². The maximum Gasteiger partial charge on any atom is 0.307 e. The molecular formula is C14H21NO2. The van der Waals surface area contributed by atoms with Gasteiger partial charge >= 0.3 is 5.97 Å². The van der Waals surface area contributed by atoms with Crippen molar-refractivity contribution in [2.24, 2.45) is 11.7 Å². The molecule has 94 valence electrons. The van der Waals surface area contributed by atoms with Gasteiger partial charge in [0, 0.05) is 6.54 Å². The normalized spacial score (nSPS) is 14.4. The Labute approximate surface area is 103 Å². The van der Waals surface area contributed by atoms with Gasteiger partial charge in [0.15, 0.2) is 0 Å². The Morgan fingerprint density at radius 1 is 1.35 bits per heavy atom. The van der Waals surface area contributed by atoms with Crippen molar-refractivity contribution in [3.63, 3.8) is 0 Å². The molecule has 1 aromatic carbocycles. The van der Waals surface area contributed by atoms with Crippen LogP contribution in [0.2, 0.25) is 0 Å². The van der Waals surface area contributed by atoms with Crippen molar-refractivity contribution in [1.29, 1.82) is 0 Å². The quantitative estimate of drug-likeness (QED) is 0.824. The third-order valence-electron chi connectivity index (χ3n) is 3.31. The minimum Gasteiger partial charge on any atom is -0.481 e. The molecule has 3 N–H and O–H groups in total. The van der Waals surface area contributed by atoms with Gasteiger partial charge in [-0.05, 0) is 42.9 Å². The van der Waals surface area contributed by atoms with Crippen molar-refractivity contribution < 1.29 is 9.90 Å². The second-order valence-electron chi connectivity index (χ2n) is 4.71. The smallest absolute Gasteiger partial charge is 0.307 e. The monoisotopic (exact) mass is 235 g/mol. The highest BCUT2D eigenvalue weighted by molar-refractivity contribution is 5.70. The molecule has 3 heteroatoms. The van der Waals surface area contributed by atoms with E-state index in [1.807, 2.05) is 6.07 Å². The summed E-state index contributed by atoms with van der Waals surface area (Å²) in [7, 11) is 0. The first-order chi connectivity index (χ1) is 7.97. The number of hydrogen-bond donors (Lipinski definition) is 2. The summed E-state index contributed by atoms with van der Waals surface area (Å²) in [6, 6.07) is 6.16. The Morgan fingerprint density at radius 2 is 1.88 bits per heavy atom. The second kappa shape index (κ2) is 5.82. The molecule has 17 heavy (non-hydrogen) atoms. The molecule has 0 spiro atoms. The molecule has 3 nitrogen and oxygen atoms in total. The summed E-state index contributed by atoms with van der Waals surface area (Å²) >= 11 is 0. The molecule has 2 unspecified atom stereocenters. The average molecular weight is 235 g/mol. The molecule has 1 rings (SSSR count). The molecule has 0 aliphatic carbocycles. The van der Waals surface area contributed by atoms with E-state index < -0.39 is 11.9 Å². The van der Waals surface area contributed by atoms with Crippen LogP contribution in [0, 0.1) is 19.8 Å². The first kappa shape index (κ1) is 13.7. The van der Waals surface area contributed by atoms with Crippen molar-refractivity contribution in [3.05, 3.63) is 34.9 Å². The number of carboxylic acids is 1. The predicted octanol–water partition coefficient (Wildman–Crippen LogP) is 2.46. The van der Waals surface area contributed by atoms with E-state index in [1.54, 1.807) is 0 Å². The van der Waals surface area contributed by atoms with Crippen LogP contribution >= 0.6 is 0 Å². The zero-order valence-electron chi connectivity index (χ0n) is 10.7. The lowest BCUT2D eigenvalue weighted by Crippen LogP contribution is -2.25. The third-order valence-corrected chi connectivity index (χ3v) is 3.31. The maximum atomic E-state index is 11.0. The first-order valence-corrected chi connectivity index (χ1v) is 5.96. The molecule has 0 fully saturated rings. The highest BCUT2D eigenvalue weighted by Crippen LogP contribution is 2.28. The summed E-state index contributed by atoms with van der Waals surface area (Å²) in [6.45, 7) is 6.40. The Hall–Kier alpha value is -1.35. The number of carboxylic acid groups (broad SMARTS) is 1. The van der Waals surface area contributed by atoms with E-state index in [-0.39, 0.29) is 12.5 Å². The van der Waals surface area contributed by atoms with Crippen molar-refractivity contribution in [1.82, 2.24) is 0 Å². The zero-order chi connectivity index (χ0) is 13.0. The minimum atomic E-state index is -0.800. The Morgan fingerprint density at radius 3 is 2.29 bits per heavy atom. The van der Waals surface area contributed by atoms with Gasteiger partial charge in [-0.3, -0.25) is 4.79 Å². The minimum absolute atomic E-state index is 0.199. The number of nitrogens with two attached hydrogens (primary N) is 1. The fraction of sp³-hybridized carbons (Fsp3) is 0.500. The molecule has 0 saturated carbocycles. The highest BCUT2D eigenvalue weighted by atomic mass is 16.4. The molecule has 0 aliphatic rings. The van der Waals surface area contributed by atoms with Gasteiger partial charge in [-0.25, -0.2) is 0 Å². The summed E-state index contributed by atoms with van der Waals surface area (Å²) < 4.78 is 0. The van der Waals surface area contributed by atoms with E-state index in [0.29, 0.717) is 6.42 Å². The highest BCUT2D eigenvalue weighted by Gasteiger charge is 2.21. The molecule has 0 bridgehead atoms. The van der Waals surface area contributed by atoms with Crippen molar-refractivity contribution in [3.8, 4) is 0 Å². The molecule has 0 heterocycles. The van der Waals surface area contributed by atoms with Crippen LogP contribution in [0.4, 0.5) is 0 Å². The van der Waals surface area contributed by atoms with Gasteiger partial charge in [0.05, 0.1) is 5.92 Å². The number of benzene rings is 1. The third kappa shape index (κ3) is 3.30. The van der Waals surface area contributed by atoms with Crippen LogP contribution in [-0.4, -0.2) is 17.6 Å². The Balaban J connectivity index is 2.89. The lowest BCUT2D eigenvalue weighted by Gasteiger charge is -2.20. The van der Waals surface area contributed by atoms with Crippen LogP contribution in [-0.2, 0) is 4.79 Å². The average Bonchev–Trinajstić information content (AvgIpc) is 2.25. The van der Waals surface area contributed by atoms with Gasteiger partial charge in [0.2, 0.25) is 0 Å². The van der Waals surface area contributed by atoms with Crippen LogP contribution in [0.1, 0.15) is 36.0 Å². The molecular weight excluding hydrogens is 214 g/mol. The molecule has 0 radical (unpaired) electrons.